The molecular formula is C20H20N2O2. The molecule has 1 saturated carbocycles. The van der Waals surface area contributed by atoms with Crippen LogP contribution in [-0.2, 0) is 11.2 Å². The second-order valence-electron chi connectivity index (χ2n) is 6.66. The Labute approximate surface area is 141 Å². The van der Waals surface area contributed by atoms with Gasteiger partial charge in [-0.3, -0.25) is 9.59 Å². The lowest BCUT2D eigenvalue weighted by atomic mass is 9.97. The van der Waals surface area contributed by atoms with Gasteiger partial charge in [0.05, 0.1) is 0 Å². The first kappa shape index (κ1) is 14.9. The van der Waals surface area contributed by atoms with Crippen molar-refractivity contribution >= 4 is 17.5 Å². The number of carbonyl (C=O) groups excluding carboxylic acids is 2. The predicted octanol–water partition coefficient (Wildman–Crippen LogP) is 3.06. The highest BCUT2D eigenvalue weighted by Crippen LogP contribution is 2.48. The molecule has 0 bridgehead atoms. The normalized spacial score (nSPS) is 22.0. The molecule has 1 aliphatic carbocycles. The summed E-state index contributed by atoms with van der Waals surface area (Å²) in [6.07, 6.45) is 1.67. The van der Waals surface area contributed by atoms with Crippen LogP contribution in [0.4, 0.5) is 5.69 Å². The topological polar surface area (TPSA) is 49.4 Å². The summed E-state index contributed by atoms with van der Waals surface area (Å²) in [5.41, 5.74) is 3.69. The third-order valence-electron chi connectivity index (χ3n) is 5.06. The zero-order valence-electron chi connectivity index (χ0n) is 13.7. The first-order valence-electron chi connectivity index (χ1n) is 8.38. The van der Waals surface area contributed by atoms with Crippen molar-refractivity contribution in [2.45, 2.75) is 18.8 Å². The second kappa shape index (κ2) is 5.78. The Morgan fingerprint density at radius 1 is 1.12 bits per heavy atom. The summed E-state index contributed by atoms with van der Waals surface area (Å²) in [4.78, 5) is 26.6. The van der Waals surface area contributed by atoms with Gasteiger partial charge < -0.3 is 10.2 Å². The number of carbonyl (C=O) groups is 2. The van der Waals surface area contributed by atoms with Gasteiger partial charge in [0.1, 0.15) is 0 Å². The van der Waals surface area contributed by atoms with Crippen molar-refractivity contribution in [3.8, 4) is 0 Å². The van der Waals surface area contributed by atoms with Crippen LogP contribution >= 0.6 is 0 Å². The van der Waals surface area contributed by atoms with E-state index in [1.165, 1.54) is 5.56 Å². The molecule has 2 atom stereocenters. The van der Waals surface area contributed by atoms with E-state index in [4.69, 9.17) is 0 Å². The molecule has 1 N–H and O–H groups in total. The standard InChI is InChI=1S/C20H20N2O2/c1-22-11-10-14-15(20(22)24)8-5-9-18(14)21-19(23)17-12-16(17)13-6-3-2-4-7-13/h2-9,16-17H,10-12H2,1H3,(H,21,23)/t16-,17+/m1/s1. The number of nitrogens with zero attached hydrogens (tertiary/aromatic N) is 1. The molecule has 4 rings (SSSR count). The number of amides is 2. The highest BCUT2D eigenvalue weighted by molar-refractivity contribution is 6.01. The van der Waals surface area contributed by atoms with Crippen molar-refractivity contribution in [3.05, 3.63) is 65.2 Å². The number of nitrogens with one attached hydrogen (secondary N) is 1. The van der Waals surface area contributed by atoms with Gasteiger partial charge in [-0.05, 0) is 42.0 Å². The quantitative estimate of drug-likeness (QED) is 0.945. The zero-order chi connectivity index (χ0) is 16.7. The summed E-state index contributed by atoms with van der Waals surface area (Å²) in [6.45, 7) is 0.689. The summed E-state index contributed by atoms with van der Waals surface area (Å²) < 4.78 is 0. The third-order valence-corrected chi connectivity index (χ3v) is 5.06. The molecule has 122 valence electrons. The Morgan fingerprint density at radius 3 is 2.71 bits per heavy atom. The van der Waals surface area contributed by atoms with E-state index in [-0.39, 0.29) is 17.7 Å². The van der Waals surface area contributed by atoms with Crippen LogP contribution in [0.3, 0.4) is 0 Å². The van der Waals surface area contributed by atoms with Crippen molar-refractivity contribution in [2.75, 3.05) is 18.9 Å². The van der Waals surface area contributed by atoms with Crippen molar-refractivity contribution < 1.29 is 9.59 Å². The lowest BCUT2D eigenvalue weighted by Gasteiger charge is -2.26. The summed E-state index contributed by atoms with van der Waals surface area (Å²) in [7, 11) is 1.81. The second-order valence-corrected chi connectivity index (χ2v) is 6.66. The number of anilines is 1. The Balaban J connectivity index is 1.51. The molecule has 0 aromatic heterocycles. The Morgan fingerprint density at radius 2 is 1.92 bits per heavy atom. The molecule has 1 heterocycles. The number of likely N-dealkylation sites (N-methyl/N-ethyl adjacent to an activating group) is 1. The van der Waals surface area contributed by atoms with Crippen molar-refractivity contribution in [1.82, 2.24) is 4.90 Å². The fraction of sp³-hybridized carbons (Fsp3) is 0.300. The summed E-state index contributed by atoms with van der Waals surface area (Å²) in [5.74, 6) is 0.438. The smallest absolute Gasteiger partial charge is 0.253 e. The molecule has 0 saturated heterocycles. The lowest BCUT2D eigenvalue weighted by molar-refractivity contribution is -0.117. The van der Waals surface area contributed by atoms with E-state index in [1.54, 1.807) is 4.90 Å². The van der Waals surface area contributed by atoms with Crippen LogP contribution in [0.2, 0.25) is 0 Å². The van der Waals surface area contributed by atoms with Gasteiger partial charge in [0.2, 0.25) is 5.91 Å². The van der Waals surface area contributed by atoms with E-state index in [9.17, 15) is 9.59 Å². The van der Waals surface area contributed by atoms with Gasteiger partial charge in [-0.2, -0.15) is 0 Å². The summed E-state index contributed by atoms with van der Waals surface area (Å²) >= 11 is 0. The van der Waals surface area contributed by atoms with Crippen molar-refractivity contribution in [3.63, 3.8) is 0 Å². The molecular weight excluding hydrogens is 300 g/mol. The van der Waals surface area contributed by atoms with Crippen LogP contribution < -0.4 is 5.32 Å². The summed E-state index contributed by atoms with van der Waals surface area (Å²) in [6, 6.07) is 15.8. The van der Waals surface area contributed by atoms with Gasteiger partial charge in [0.15, 0.2) is 0 Å². The number of fused-ring (bicyclic) bond motifs is 1. The number of benzene rings is 2. The highest BCUT2D eigenvalue weighted by Gasteiger charge is 2.44. The maximum Gasteiger partial charge on any atom is 0.253 e. The van der Waals surface area contributed by atoms with Crippen LogP contribution in [0, 0.1) is 5.92 Å². The molecule has 4 nitrogen and oxygen atoms in total. The maximum absolute atomic E-state index is 12.6. The minimum Gasteiger partial charge on any atom is -0.341 e. The van der Waals surface area contributed by atoms with Gasteiger partial charge in [-0.1, -0.05) is 36.4 Å². The molecule has 24 heavy (non-hydrogen) atoms. The van der Waals surface area contributed by atoms with Gasteiger partial charge in [-0.15, -0.1) is 0 Å². The molecule has 0 radical (unpaired) electrons. The predicted molar refractivity (Wildman–Crippen MR) is 93.0 cm³/mol. The molecule has 1 fully saturated rings. The average Bonchev–Trinajstić information content (AvgIpc) is 3.40. The van der Waals surface area contributed by atoms with Crippen LogP contribution in [0.15, 0.2) is 48.5 Å². The lowest BCUT2D eigenvalue weighted by Crippen LogP contribution is -2.34. The molecule has 2 aromatic rings. The Hall–Kier alpha value is -2.62. The number of hydrogen-bond acceptors (Lipinski definition) is 2. The molecule has 0 unspecified atom stereocenters. The minimum atomic E-state index is 0.0286. The molecule has 0 spiro atoms. The summed E-state index contributed by atoms with van der Waals surface area (Å²) in [5, 5.41) is 3.06. The zero-order valence-corrected chi connectivity index (χ0v) is 13.7. The molecule has 1 aliphatic heterocycles. The van der Waals surface area contributed by atoms with Gasteiger partial charge >= 0.3 is 0 Å². The largest absolute Gasteiger partial charge is 0.341 e. The van der Waals surface area contributed by atoms with E-state index in [0.717, 1.165) is 24.1 Å². The van der Waals surface area contributed by atoms with E-state index < -0.39 is 0 Å². The fourth-order valence-corrected chi connectivity index (χ4v) is 3.54. The molecule has 2 aromatic carbocycles. The first-order valence-corrected chi connectivity index (χ1v) is 8.38. The van der Waals surface area contributed by atoms with E-state index >= 15 is 0 Å². The van der Waals surface area contributed by atoms with Crippen LogP contribution in [0.5, 0.6) is 0 Å². The fourth-order valence-electron chi connectivity index (χ4n) is 3.54. The van der Waals surface area contributed by atoms with Crippen LogP contribution in [0.25, 0.3) is 0 Å². The monoisotopic (exact) mass is 320 g/mol. The number of hydrogen-bond donors (Lipinski definition) is 1. The maximum atomic E-state index is 12.6. The highest BCUT2D eigenvalue weighted by atomic mass is 16.2. The number of rotatable bonds is 3. The van der Waals surface area contributed by atoms with E-state index in [0.29, 0.717) is 18.0 Å². The van der Waals surface area contributed by atoms with Gasteiger partial charge in [0.25, 0.3) is 5.91 Å². The SMILES string of the molecule is CN1CCc2c(NC(=O)[C@H]3C[C@@H]3c3ccccc3)cccc2C1=O. The Kier molecular flexibility index (Phi) is 3.60. The van der Waals surface area contributed by atoms with Crippen LogP contribution in [-0.4, -0.2) is 30.3 Å². The Bertz CT molecular complexity index is 801. The first-order chi connectivity index (χ1) is 11.6. The molecule has 2 amide bonds. The van der Waals surface area contributed by atoms with Crippen molar-refractivity contribution in [2.24, 2.45) is 5.92 Å². The third kappa shape index (κ3) is 2.58. The molecule has 2 aliphatic rings. The van der Waals surface area contributed by atoms with E-state index in [2.05, 4.69) is 17.4 Å². The van der Waals surface area contributed by atoms with Gasteiger partial charge in [0, 0.05) is 30.8 Å². The van der Waals surface area contributed by atoms with Gasteiger partial charge in [-0.25, -0.2) is 0 Å². The molecule has 4 heteroatoms. The van der Waals surface area contributed by atoms with Crippen LogP contribution in [0.1, 0.15) is 33.8 Å². The minimum absolute atomic E-state index is 0.0286. The van der Waals surface area contributed by atoms with E-state index in [1.807, 2.05) is 43.4 Å². The van der Waals surface area contributed by atoms with Crippen molar-refractivity contribution in [1.29, 1.82) is 0 Å². The average molecular weight is 320 g/mol.